The third kappa shape index (κ3) is 3.65. The Balaban J connectivity index is 1.92. The molecule has 0 radical (unpaired) electrons. The fourth-order valence-corrected chi connectivity index (χ4v) is 3.76. The summed E-state index contributed by atoms with van der Waals surface area (Å²) in [4.78, 5) is 23.4. The second-order valence-electron chi connectivity index (χ2n) is 5.33. The Hall–Kier alpha value is -2.42. The number of para-hydroxylation sites is 1. The maximum atomic E-state index is 12.1. The van der Waals surface area contributed by atoms with Crippen LogP contribution in [-0.2, 0) is 14.3 Å². The van der Waals surface area contributed by atoms with Crippen LogP contribution in [0.4, 0.5) is 5.69 Å². The van der Waals surface area contributed by atoms with Crippen LogP contribution < -0.4 is 0 Å². The number of hydrogen-bond donors (Lipinski definition) is 0. The zero-order valence-electron chi connectivity index (χ0n) is 13.4. The molecular weight excluding hydrogens is 344 g/mol. The molecule has 0 aromatic heterocycles. The molecule has 2 unspecified atom stereocenters. The smallest absolute Gasteiger partial charge is 0.337 e. The lowest BCUT2D eigenvalue weighted by Crippen LogP contribution is -2.30. The van der Waals surface area contributed by atoms with Crippen LogP contribution in [0.1, 0.15) is 11.6 Å². The summed E-state index contributed by atoms with van der Waals surface area (Å²) in [5, 5.41) is 11.2. The molecule has 1 aliphatic rings. The van der Waals surface area contributed by atoms with E-state index in [9.17, 15) is 14.9 Å². The summed E-state index contributed by atoms with van der Waals surface area (Å²) in [6, 6.07) is 15.5. The molecule has 1 heterocycles. The average molecular weight is 360 g/mol. The van der Waals surface area contributed by atoms with E-state index in [1.54, 1.807) is 18.2 Å². The van der Waals surface area contributed by atoms with Crippen LogP contribution in [0, 0.1) is 10.1 Å². The van der Waals surface area contributed by atoms with Crippen LogP contribution in [0.25, 0.3) is 0 Å². The fourth-order valence-electron chi connectivity index (χ4n) is 2.68. The van der Waals surface area contributed by atoms with E-state index in [1.165, 1.54) is 25.1 Å². The van der Waals surface area contributed by atoms with Gasteiger partial charge in [-0.05, 0) is 23.6 Å². The van der Waals surface area contributed by atoms with Gasteiger partial charge in [-0.15, -0.1) is 0 Å². The summed E-state index contributed by atoms with van der Waals surface area (Å²) in [6.07, 6.45) is -0.789. The first-order valence-corrected chi connectivity index (χ1v) is 8.31. The molecule has 3 rings (SSSR count). The van der Waals surface area contributed by atoms with Gasteiger partial charge in [-0.2, -0.15) is 0 Å². The normalized spacial score (nSPS) is 20.4. The summed E-state index contributed by atoms with van der Waals surface area (Å²) in [5.74, 6) is -0.473. The van der Waals surface area contributed by atoms with Crippen LogP contribution in [0.15, 0.2) is 59.5 Å². The standard InChI is InChI=1S/C17H16N2O5S/c1-23-17(20)16-15(12-7-3-2-4-8-12)18(11-24-16)25-14-10-6-5-9-13(14)19(21)22/h2-10,15-16H,11H2,1H3. The van der Waals surface area contributed by atoms with E-state index in [-0.39, 0.29) is 12.4 Å². The summed E-state index contributed by atoms with van der Waals surface area (Å²) in [7, 11) is 1.31. The van der Waals surface area contributed by atoms with E-state index in [0.717, 1.165) is 5.56 Å². The summed E-state index contributed by atoms with van der Waals surface area (Å²) >= 11 is 1.20. The molecule has 0 aliphatic carbocycles. The van der Waals surface area contributed by atoms with Gasteiger partial charge in [0, 0.05) is 6.07 Å². The molecule has 2 aromatic carbocycles. The first-order valence-electron chi connectivity index (χ1n) is 7.54. The van der Waals surface area contributed by atoms with Crippen LogP contribution in [0.5, 0.6) is 0 Å². The number of esters is 1. The molecule has 7 nitrogen and oxygen atoms in total. The number of methoxy groups -OCH3 is 1. The van der Waals surface area contributed by atoms with E-state index in [4.69, 9.17) is 9.47 Å². The van der Waals surface area contributed by atoms with Crippen LogP contribution in [-0.4, -0.2) is 35.1 Å². The van der Waals surface area contributed by atoms with Gasteiger partial charge in [-0.25, -0.2) is 9.10 Å². The highest BCUT2D eigenvalue weighted by molar-refractivity contribution is 7.97. The number of rotatable bonds is 5. The maximum Gasteiger partial charge on any atom is 0.337 e. The Morgan fingerprint density at radius 1 is 1.24 bits per heavy atom. The number of nitro groups is 1. The molecule has 0 saturated carbocycles. The predicted octanol–water partition coefficient (Wildman–Crippen LogP) is 3.17. The van der Waals surface area contributed by atoms with Crippen molar-refractivity contribution in [2.45, 2.75) is 17.0 Å². The molecule has 0 amide bonds. The van der Waals surface area contributed by atoms with Crippen molar-refractivity contribution in [3.05, 3.63) is 70.3 Å². The van der Waals surface area contributed by atoms with Crippen molar-refractivity contribution in [1.82, 2.24) is 4.31 Å². The van der Waals surface area contributed by atoms with Crippen molar-refractivity contribution < 1.29 is 19.2 Å². The summed E-state index contributed by atoms with van der Waals surface area (Å²) in [6.45, 7) is 0.149. The lowest BCUT2D eigenvalue weighted by molar-refractivity contribution is -0.387. The Labute approximate surface area is 148 Å². The fraction of sp³-hybridized carbons (Fsp3) is 0.235. The monoisotopic (exact) mass is 360 g/mol. The predicted molar refractivity (Wildman–Crippen MR) is 91.7 cm³/mol. The average Bonchev–Trinajstić information content (AvgIpc) is 3.05. The van der Waals surface area contributed by atoms with E-state index < -0.39 is 23.0 Å². The summed E-state index contributed by atoms with van der Waals surface area (Å²) < 4.78 is 12.3. The van der Waals surface area contributed by atoms with E-state index in [2.05, 4.69) is 0 Å². The van der Waals surface area contributed by atoms with Crippen molar-refractivity contribution in [2.75, 3.05) is 13.8 Å². The number of carbonyl (C=O) groups is 1. The van der Waals surface area contributed by atoms with E-state index in [1.807, 2.05) is 34.6 Å². The van der Waals surface area contributed by atoms with Gasteiger partial charge in [-0.1, -0.05) is 42.5 Å². The third-order valence-electron chi connectivity index (χ3n) is 3.83. The lowest BCUT2D eigenvalue weighted by atomic mass is 10.0. The number of ether oxygens (including phenoxy) is 2. The minimum absolute atomic E-state index is 0.0147. The molecule has 130 valence electrons. The minimum Gasteiger partial charge on any atom is -0.467 e. The minimum atomic E-state index is -0.789. The molecule has 2 atom stereocenters. The van der Waals surface area contributed by atoms with Crippen molar-refractivity contribution in [3.63, 3.8) is 0 Å². The molecule has 1 saturated heterocycles. The van der Waals surface area contributed by atoms with Gasteiger partial charge in [0.1, 0.15) is 11.6 Å². The highest BCUT2D eigenvalue weighted by Gasteiger charge is 2.42. The second kappa shape index (κ2) is 7.64. The van der Waals surface area contributed by atoms with Crippen molar-refractivity contribution in [3.8, 4) is 0 Å². The highest BCUT2D eigenvalue weighted by Crippen LogP contribution is 2.42. The molecule has 2 aromatic rings. The number of carbonyl (C=O) groups excluding carboxylic acids is 1. The maximum absolute atomic E-state index is 12.1. The topological polar surface area (TPSA) is 81.9 Å². The zero-order valence-corrected chi connectivity index (χ0v) is 14.2. The quantitative estimate of drug-likeness (QED) is 0.350. The van der Waals surface area contributed by atoms with Gasteiger partial charge in [-0.3, -0.25) is 10.1 Å². The largest absolute Gasteiger partial charge is 0.467 e. The van der Waals surface area contributed by atoms with Crippen molar-refractivity contribution in [1.29, 1.82) is 0 Å². The van der Waals surface area contributed by atoms with Gasteiger partial charge in [0.05, 0.1) is 18.1 Å². The molecule has 25 heavy (non-hydrogen) atoms. The van der Waals surface area contributed by atoms with Gasteiger partial charge in [0.2, 0.25) is 0 Å². The van der Waals surface area contributed by atoms with Gasteiger partial charge in [0.25, 0.3) is 5.69 Å². The van der Waals surface area contributed by atoms with Crippen LogP contribution in [0.3, 0.4) is 0 Å². The van der Waals surface area contributed by atoms with E-state index in [0.29, 0.717) is 4.90 Å². The third-order valence-corrected chi connectivity index (χ3v) is 4.94. The van der Waals surface area contributed by atoms with Gasteiger partial charge in [0.15, 0.2) is 6.10 Å². The Morgan fingerprint density at radius 2 is 1.92 bits per heavy atom. The Morgan fingerprint density at radius 3 is 2.60 bits per heavy atom. The van der Waals surface area contributed by atoms with Gasteiger partial charge < -0.3 is 9.47 Å². The lowest BCUT2D eigenvalue weighted by Gasteiger charge is -2.24. The number of benzene rings is 2. The zero-order chi connectivity index (χ0) is 17.8. The first-order chi connectivity index (χ1) is 12.1. The second-order valence-corrected chi connectivity index (χ2v) is 6.42. The van der Waals surface area contributed by atoms with Crippen LogP contribution in [0.2, 0.25) is 0 Å². The molecule has 8 heteroatoms. The Bertz CT molecular complexity index is 771. The highest BCUT2D eigenvalue weighted by atomic mass is 32.2. The van der Waals surface area contributed by atoms with Gasteiger partial charge >= 0.3 is 5.97 Å². The Kier molecular flexibility index (Phi) is 5.32. The van der Waals surface area contributed by atoms with Crippen LogP contribution >= 0.6 is 11.9 Å². The number of nitrogens with zero attached hydrogens (tertiary/aromatic N) is 2. The first kappa shape index (κ1) is 17.4. The number of hydrogen-bond acceptors (Lipinski definition) is 7. The molecule has 0 N–H and O–H groups in total. The SMILES string of the molecule is COC(=O)C1OCN(Sc2ccccc2[N+](=O)[O-])C1c1ccccc1. The van der Waals surface area contributed by atoms with Crippen molar-refractivity contribution in [2.24, 2.45) is 0 Å². The molecular formula is C17H16N2O5S. The molecule has 1 aliphatic heterocycles. The number of nitro benzene ring substituents is 1. The summed E-state index contributed by atoms with van der Waals surface area (Å²) in [5.41, 5.74) is 0.891. The van der Waals surface area contributed by atoms with Crippen molar-refractivity contribution >= 4 is 23.6 Å². The van der Waals surface area contributed by atoms with E-state index >= 15 is 0 Å². The molecule has 0 spiro atoms. The molecule has 0 bridgehead atoms. The molecule has 1 fully saturated rings.